The molecule has 7 heteroatoms. The van der Waals surface area contributed by atoms with E-state index >= 15 is 0 Å². The first kappa shape index (κ1) is 15.8. The van der Waals surface area contributed by atoms with Crippen molar-refractivity contribution in [2.24, 2.45) is 0 Å². The van der Waals surface area contributed by atoms with Crippen LogP contribution >= 0.6 is 11.6 Å². The molecule has 0 radical (unpaired) electrons. The molecule has 1 saturated heterocycles. The van der Waals surface area contributed by atoms with Crippen LogP contribution in [0.4, 0.5) is 10.1 Å². The lowest BCUT2D eigenvalue weighted by atomic mass is 9.96. The molecular formula is C16H15ClFN3O2. The van der Waals surface area contributed by atoms with Crippen molar-refractivity contribution in [2.75, 3.05) is 18.5 Å². The van der Waals surface area contributed by atoms with E-state index in [-0.39, 0.29) is 22.3 Å². The summed E-state index contributed by atoms with van der Waals surface area (Å²) in [6.45, 7) is 1.37. The van der Waals surface area contributed by atoms with E-state index in [2.05, 4.69) is 15.3 Å². The average Bonchev–Trinajstić information content (AvgIpc) is 2.58. The summed E-state index contributed by atoms with van der Waals surface area (Å²) in [5, 5.41) is 2.76. The van der Waals surface area contributed by atoms with Gasteiger partial charge in [0.15, 0.2) is 0 Å². The number of ether oxygens (including phenoxy) is 1. The summed E-state index contributed by atoms with van der Waals surface area (Å²) >= 11 is 5.69. The van der Waals surface area contributed by atoms with Crippen LogP contribution in [0.25, 0.3) is 0 Å². The quantitative estimate of drug-likeness (QED) is 0.933. The minimum Gasteiger partial charge on any atom is -0.381 e. The van der Waals surface area contributed by atoms with Gasteiger partial charge in [-0.2, -0.15) is 0 Å². The van der Waals surface area contributed by atoms with Crippen LogP contribution in [-0.4, -0.2) is 29.1 Å². The molecule has 1 aromatic heterocycles. The summed E-state index contributed by atoms with van der Waals surface area (Å²) in [5.74, 6) is -0.822. The van der Waals surface area contributed by atoms with Gasteiger partial charge in [-0.3, -0.25) is 4.79 Å². The van der Waals surface area contributed by atoms with Crippen molar-refractivity contribution >= 4 is 23.2 Å². The second kappa shape index (κ2) is 7.02. The van der Waals surface area contributed by atoms with E-state index in [1.807, 2.05) is 0 Å². The maximum atomic E-state index is 13.8. The molecule has 0 spiro atoms. The first-order valence-electron chi connectivity index (χ1n) is 7.29. The van der Waals surface area contributed by atoms with Crippen LogP contribution in [0.2, 0.25) is 5.02 Å². The van der Waals surface area contributed by atoms with Gasteiger partial charge in [-0.1, -0.05) is 11.6 Å². The summed E-state index contributed by atoms with van der Waals surface area (Å²) < 4.78 is 19.1. The molecule has 1 fully saturated rings. The Bertz CT molecular complexity index is 720. The maximum absolute atomic E-state index is 13.8. The third kappa shape index (κ3) is 3.83. The lowest BCUT2D eigenvalue weighted by molar-refractivity contribution is 0.0844. The minimum atomic E-state index is -0.593. The molecule has 0 aliphatic carbocycles. The standard InChI is InChI=1S/C16H15ClFN3O2/c17-11-1-2-13(12(18)7-11)21-16(22)15-8-14(19-9-20-15)10-3-5-23-6-4-10/h1-2,7-10H,3-6H2,(H,21,22). The highest BCUT2D eigenvalue weighted by atomic mass is 35.5. The fourth-order valence-corrected chi connectivity index (χ4v) is 2.65. The van der Waals surface area contributed by atoms with E-state index in [1.54, 1.807) is 6.07 Å². The van der Waals surface area contributed by atoms with Gasteiger partial charge in [0, 0.05) is 29.8 Å². The smallest absolute Gasteiger partial charge is 0.274 e. The van der Waals surface area contributed by atoms with Gasteiger partial charge < -0.3 is 10.1 Å². The lowest BCUT2D eigenvalue weighted by Crippen LogP contribution is -2.18. The molecule has 1 N–H and O–H groups in total. The van der Waals surface area contributed by atoms with Crippen molar-refractivity contribution in [1.29, 1.82) is 0 Å². The number of carbonyl (C=O) groups excluding carboxylic acids is 1. The predicted octanol–water partition coefficient (Wildman–Crippen LogP) is 3.42. The number of nitrogens with zero attached hydrogens (tertiary/aromatic N) is 2. The number of hydrogen-bond acceptors (Lipinski definition) is 4. The molecule has 23 heavy (non-hydrogen) atoms. The number of benzene rings is 1. The monoisotopic (exact) mass is 335 g/mol. The Kier molecular flexibility index (Phi) is 4.83. The number of rotatable bonds is 3. The van der Waals surface area contributed by atoms with E-state index in [9.17, 15) is 9.18 Å². The van der Waals surface area contributed by atoms with Crippen LogP contribution in [-0.2, 0) is 4.74 Å². The number of carbonyl (C=O) groups is 1. The van der Waals surface area contributed by atoms with Crippen LogP contribution in [0.5, 0.6) is 0 Å². The van der Waals surface area contributed by atoms with Crippen molar-refractivity contribution in [1.82, 2.24) is 9.97 Å². The van der Waals surface area contributed by atoms with E-state index in [1.165, 1.54) is 18.5 Å². The van der Waals surface area contributed by atoms with Crippen LogP contribution < -0.4 is 5.32 Å². The molecule has 5 nitrogen and oxygen atoms in total. The van der Waals surface area contributed by atoms with E-state index in [4.69, 9.17) is 16.3 Å². The van der Waals surface area contributed by atoms with Gasteiger partial charge in [-0.25, -0.2) is 14.4 Å². The lowest BCUT2D eigenvalue weighted by Gasteiger charge is -2.21. The van der Waals surface area contributed by atoms with Crippen molar-refractivity contribution in [2.45, 2.75) is 18.8 Å². The number of amides is 1. The molecule has 0 atom stereocenters. The van der Waals surface area contributed by atoms with Crippen LogP contribution in [0.15, 0.2) is 30.6 Å². The highest BCUT2D eigenvalue weighted by Crippen LogP contribution is 2.25. The molecule has 1 aromatic carbocycles. The highest BCUT2D eigenvalue weighted by Gasteiger charge is 2.19. The highest BCUT2D eigenvalue weighted by molar-refractivity contribution is 6.30. The summed E-state index contributed by atoms with van der Waals surface area (Å²) in [7, 11) is 0. The molecule has 2 heterocycles. The molecular weight excluding hydrogens is 321 g/mol. The molecule has 120 valence electrons. The fraction of sp³-hybridized carbons (Fsp3) is 0.312. The van der Waals surface area contributed by atoms with Crippen molar-refractivity contribution in [3.8, 4) is 0 Å². The number of anilines is 1. The van der Waals surface area contributed by atoms with E-state index < -0.39 is 11.7 Å². The molecule has 1 aliphatic rings. The molecule has 1 amide bonds. The third-order valence-corrected chi connectivity index (χ3v) is 3.97. The number of halogens is 2. The Balaban J connectivity index is 1.76. The van der Waals surface area contributed by atoms with Crippen molar-refractivity contribution < 1.29 is 13.9 Å². The van der Waals surface area contributed by atoms with Gasteiger partial charge in [-0.15, -0.1) is 0 Å². The van der Waals surface area contributed by atoms with Crippen molar-refractivity contribution in [3.05, 3.63) is 52.8 Å². The fourth-order valence-electron chi connectivity index (χ4n) is 2.49. The molecule has 0 bridgehead atoms. The zero-order valence-corrected chi connectivity index (χ0v) is 13.0. The van der Waals surface area contributed by atoms with Gasteiger partial charge in [0.1, 0.15) is 17.8 Å². The zero-order chi connectivity index (χ0) is 16.2. The summed E-state index contributed by atoms with van der Waals surface area (Å²) in [4.78, 5) is 20.5. The largest absolute Gasteiger partial charge is 0.381 e. The summed E-state index contributed by atoms with van der Waals surface area (Å²) in [6.07, 6.45) is 3.09. The molecule has 1 aliphatic heterocycles. The van der Waals surface area contributed by atoms with Crippen LogP contribution in [0.1, 0.15) is 34.9 Å². The van der Waals surface area contributed by atoms with E-state index in [0.29, 0.717) is 13.2 Å². The SMILES string of the molecule is O=C(Nc1ccc(Cl)cc1F)c1cc(C2CCOCC2)ncn1. The van der Waals surface area contributed by atoms with Crippen LogP contribution in [0.3, 0.4) is 0 Å². The second-order valence-electron chi connectivity index (χ2n) is 5.29. The van der Waals surface area contributed by atoms with Gasteiger partial charge in [-0.05, 0) is 37.1 Å². The Morgan fingerprint density at radius 1 is 1.26 bits per heavy atom. The molecule has 0 unspecified atom stereocenters. The van der Waals surface area contributed by atoms with Gasteiger partial charge in [0.2, 0.25) is 0 Å². The van der Waals surface area contributed by atoms with Gasteiger partial charge in [0.25, 0.3) is 5.91 Å². The second-order valence-corrected chi connectivity index (χ2v) is 5.73. The number of nitrogens with one attached hydrogen (secondary N) is 1. The predicted molar refractivity (Wildman–Crippen MR) is 84.2 cm³/mol. The minimum absolute atomic E-state index is 0.0608. The summed E-state index contributed by atoms with van der Waals surface area (Å²) in [5.41, 5.74) is 1.08. The first-order valence-corrected chi connectivity index (χ1v) is 7.67. The van der Waals surface area contributed by atoms with E-state index in [0.717, 1.165) is 24.6 Å². The van der Waals surface area contributed by atoms with Crippen molar-refractivity contribution in [3.63, 3.8) is 0 Å². The molecule has 2 aromatic rings. The van der Waals surface area contributed by atoms with Crippen LogP contribution in [0, 0.1) is 5.82 Å². The zero-order valence-electron chi connectivity index (χ0n) is 12.3. The Morgan fingerprint density at radius 3 is 2.78 bits per heavy atom. The Morgan fingerprint density at radius 2 is 2.04 bits per heavy atom. The average molecular weight is 336 g/mol. The Hall–Kier alpha value is -2.05. The van der Waals surface area contributed by atoms with Gasteiger partial charge >= 0.3 is 0 Å². The number of aromatic nitrogens is 2. The molecule has 0 saturated carbocycles. The summed E-state index contributed by atoms with van der Waals surface area (Å²) in [6, 6.07) is 5.72. The Labute approximate surface area is 137 Å². The normalized spacial score (nSPS) is 15.4. The third-order valence-electron chi connectivity index (χ3n) is 3.74. The first-order chi connectivity index (χ1) is 11.1. The number of hydrogen-bond donors (Lipinski definition) is 1. The molecule has 3 rings (SSSR count). The maximum Gasteiger partial charge on any atom is 0.274 e. The van der Waals surface area contributed by atoms with Gasteiger partial charge in [0.05, 0.1) is 5.69 Å². The topological polar surface area (TPSA) is 64.1 Å².